The maximum atomic E-state index is 12.7. The van der Waals surface area contributed by atoms with Crippen molar-refractivity contribution in [2.45, 2.75) is 42.4 Å². The lowest BCUT2D eigenvalue weighted by Crippen LogP contribution is -2.38. The number of amides is 1. The Morgan fingerprint density at radius 3 is 2.47 bits per heavy atom. The highest BCUT2D eigenvalue weighted by Gasteiger charge is 2.33. The third-order valence-corrected chi connectivity index (χ3v) is 6.04. The fourth-order valence-electron chi connectivity index (χ4n) is 3.18. The van der Waals surface area contributed by atoms with E-state index in [9.17, 15) is 18.0 Å². The van der Waals surface area contributed by atoms with Crippen molar-refractivity contribution in [2.24, 2.45) is 0 Å². The predicted octanol–water partition coefficient (Wildman–Crippen LogP) is 3.59. The number of thioether (sulfide) groups is 1. The molecule has 2 heterocycles. The van der Waals surface area contributed by atoms with Gasteiger partial charge in [0, 0.05) is 24.8 Å². The Labute approximate surface area is 176 Å². The van der Waals surface area contributed by atoms with E-state index in [0.717, 1.165) is 44.0 Å². The largest absolute Gasteiger partial charge is 0.416 e. The van der Waals surface area contributed by atoms with Gasteiger partial charge >= 0.3 is 6.18 Å². The minimum absolute atomic E-state index is 0.307. The van der Waals surface area contributed by atoms with Crippen LogP contribution in [0.3, 0.4) is 0 Å². The molecule has 2 fully saturated rings. The lowest BCUT2D eigenvalue weighted by molar-refractivity contribution is -0.137. The van der Waals surface area contributed by atoms with Gasteiger partial charge in [-0.1, -0.05) is 11.8 Å². The molecular weight excluding hydrogens is 419 g/mol. The average Bonchev–Trinajstić information content (AvgIpc) is 3.48. The second-order valence-corrected chi connectivity index (χ2v) is 8.62. The molecule has 1 N–H and O–H groups in total. The quantitative estimate of drug-likeness (QED) is 0.691. The van der Waals surface area contributed by atoms with Crippen LogP contribution in [0.15, 0.2) is 29.4 Å². The van der Waals surface area contributed by atoms with Crippen LogP contribution in [-0.4, -0.2) is 52.2 Å². The zero-order chi connectivity index (χ0) is 21.3. The van der Waals surface area contributed by atoms with Gasteiger partial charge in [-0.2, -0.15) is 13.2 Å². The van der Waals surface area contributed by atoms with Gasteiger partial charge in [-0.3, -0.25) is 9.36 Å². The first-order chi connectivity index (χ1) is 14.3. The first-order valence-electron chi connectivity index (χ1n) is 9.75. The number of ether oxygens (including phenoxy) is 1. The monoisotopic (exact) mass is 441 g/mol. The first kappa shape index (κ1) is 21.0. The van der Waals surface area contributed by atoms with Gasteiger partial charge in [-0.15, -0.1) is 10.2 Å². The number of hydrogen-bond donors (Lipinski definition) is 1. The average molecular weight is 441 g/mol. The van der Waals surface area contributed by atoms with Crippen LogP contribution in [0.1, 0.15) is 31.4 Å². The summed E-state index contributed by atoms with van der Waals surface area (Å²) in [6.45, 7) is 4.53. The van der Waals surface area contributed by atoms with Gasteiger partial charge in [-0.25, -0.2) is 0 Å². The summed E-state index contributed by atoms with van der Waals surface area (Å²) >= 11 is 1.30. The molecule has 11 heteroatoms. The fourth-order valence-corrected chi connectivity index (χ4v) is 4.09. The van der Waals surface area contributed by atoms with Crippen LogP contribution in [-0.2, 0) is 15.7 Å². The number of aromatic nitrogens is 3. The summed E-state index contributed by atoms with van der Waals surface area (Å²) in [6, 6.07) is 4.74. The second-order valence-electron chi connectivity index (χ2n) is 7.31. The van der Waals surface area contributed by atoms with E-state index >= 15 is 0 Å². The number of nitrogens with one attached hydrogen (secondary N) is 1. The SMILES string of the molecule is CC(Sc1nnc(N2CCOCC2)n1C1CC1)C(=O)Nc1ccc(C(F)(F)F)cc1. The van der Waals surface area contributed by atoms with Crippen molar-refractivity contribution in [3.05, 3.63) is 29.8 Å². The molecule has 1 aliphatic heterocycles. The van der Waals surface area contributed by atoms with Crippen molar-refractivity contribution in [1.29, 1.82) is 0 Å². The van der Waals surface area contributed by atoms with Crippen LogP contribution in [0.4, 0.5) is 24.8 Å². The molecule has 30 heavy (non-hydrogen) atoms. The van der Waals surface area contributed by atoms with E-state index in [4.69, 9.17) is 4.74 Å². The molecular formula is C19H22F3N5O2S. The predicted molar refractivity (Wildman–Crippen MR) is 107 cm³/mol. The van der Waals surface area contributed by atoms with Crippen LogP contribution in [0.5, 0.6) is 0 Å². The molecule has 1 saturated carbocycles. The molecule has 2 aromatic rings. The third-order valence-electron chi connectivity index (χ3n) is 4.98. The Morgan fingerprint density at radius 1 is 1.20 bits per heavy atom. The van der Waals surface area contributed by atoms with E-state index in [1.165, 1.54) is 23.9 Å². The first-order valence-corrected chi connectivity index (χ1v) is 10.6. The van der Waals surface area contributed by atoms with Crippen molar-refractivity contribution in [1.82, 2.24) is 14.8 Å². The zero-order valence-corrected chi connectivity index (χ0v) is 17.2. The van der Waals surface area contributed by atoms with E-state index in [0.29, 0.717) is 30.1 Å². The van der Waals surface area contributed by atoms with Crippen molar-refractivity contribution in [2.75, 3.05) is 36.5 Å². The summed E-state index contributed by atoms with van der Waals surface area (Å²) < 4.78 is 45.5. The number of halogens is 3. The Bertz CT molecular complexity index is 893. The number of nitrogens with zero attached hydrogens (tertiary/aromatic N) is 4. The van der Waals surface area contributed by atoms with Crippen LogP contribution in [0.2, 0.25) is 0 Å². The lowest BCUT2D eigenvalue weighted by atomic mass is 10.2. The normalized spacial score (nSPS) is 18.3. The summed E-state index contributed by atoms with van der Waals surface area (Å²) in [6.07, 6.45) is -2.30. The molecule has 1 saturated heterocycles. The van der Waals surface area contributed by atoms with Crippen LogP contribution in [0, 0.1) is 0 Å². The topological polar surface area (TPSA) is 72.3 Å². The summed E-state index contributed by atoms with van der Waals surface area (Å²) in [7, 11) is 0. The van der Waals surface area contributed by atoms with E-state index in [-0.39, 0.29) is 5.91 Å². The highest BCUT2D eigenvalue weighted by Crippen LogP contribution is 2.41. The number of carbonyl (C=O) groups excluding carboxylic acids is 1. The summed E-state index contributed by atoms with van der Waals surface area (Å²) in [5.74, 6) is 0.497. The highest BCUT2D eigenvalue weighted by atomic mass is 32.2. The van der Waals surface area contributed by atoms with Gasteiger partial charge < -0.3 is 15.0 Å². The Kier molecular flexibility index (Phi) is 5.92. The Balaban J connectivity index is 1.42. The van der Waals surface area contributed by atoms with E-state index in [2.05, 4.69) is 25.0 Å². The second kappa shape index (κ2) is 8.46. The van der Waals surface area contributed by atoms with E-state index in [1.807, 2.05) is 0 Å². The van der Waals surface area contributed by atoms with Gasteiger partial charge in [0.15, 0.2) is 5.16 Å². The van der Waals surface area contributed by atoms with Gasteiger partial charge in [-0.05, 0) is 44.0 Å². The van der Waals surface area contributed by atoms with Crippen molar-refractivity contribution in [3.63, 3.8) is 0 Å². The molecule has 0 radical (unpaired) electrons. The molecule has 1 aromatic carbocycles. The molecule has 0 spiro atoms. The number of carbonyl (C=O) groups is 1. The van der Waals surface area contributed by atoms with Crippen molar-refractivity contribution >= 4 is 29.3 Å². The number of anilines is 2. The van der Waals surface area contributed by atoms with Gasteiger partial charge in [0.1, 0.15) is 0 Å². The molecule has 1 atom stereocenters. The number of rotatable bonds is 6. The fraction of sp³-hybridized carbons (Fsp3) is 0.526. The molecule has 1 amide bonds. The third kappa shape index (κ3) is 4.72. The van der Waals surface area contributed by atoms with Crippen LogP contribution >= 0.6 is 11.8 Å². The molecule has 4 rings (SSSR count). The molecule has 1 aromatic heterocycles. The van der Waals surface area contributed by atoms with Gasteiger partial charge in [0.25, 0.3) is 0 Å². The minimum Gasteiger partial charge on any atom is -0.378 e. The molecule has 2 aliphatic rings. The van der Waals surface area contributed by atoms with E-state index < -0.39 is 17.0 Å². The zero-order valence-electron chi connectivity index (χ0n) is 16.4. The maximum Gasteiger partial charge on any atom is 0.416 e. The van der Waals surface area contributed by atoms with Crippen molar-refractivity contribution in [3.8, 4) is 0 Å². The standard InChI is InChI=1S/C19H22F3N5O2S/c1-12(16(28)23-14-4-2-13(3-5-14)19(20,21)22)30-18-25-24-17(27(18)15-6-7-15)26-8-10-29-11-9-26/h2-5,12,15H,6-11H2,1H3,(H,23,28). The minimum atomic E-state index is -4.41. The summed E-state index contributed by atoms with van der Waals surface area (Å²) in [5.41, 5.74) is -0.436. The highest BCUT2D eigenvalue weighted by molar-refractivity contribution is 8.00. The molecule has 1 aliphatic carbocycles. The van der Waals surface area contributed by atoms with Gasteiger partial charge in [0.2, 0.25) is 11.9 Å². The Morgan fingerprint density at radius 2 is 1.87 bits per heavy atom. The van der Waals surface area contributed by atoms with Crippen LogP contribution < -0.4 is 10.2 Å². The molecule has 1 unspecified atom stereocenters. The molecule has 162 valence electrons. The number of benzene rings is 1. The summed E-state index contributed by atoms with van der Waals surface area (Å²) in [5, 5.41) is 11.5. The summed E-state index contributed by atoms with van der Waals surface area (Å²) in [4.78, 5) is 14.7. The van der Waals surface area contributed by atoms with Crippen LogP contribution in [0.25, 0.3) is 0 Å². The maximum absolute atomic E-state index is 12.7. The molecule has 0 bridgehead atoms. The number of alkyl halides is 3. The number of hydrogen-bond acceptors (Lipinski definition) is 6. The van der Waals surface area contributed by atoms with E-state index in [1.54, 1.807) is 6.92 Å². The smallest absolute Gasteiger partial charge is 0.378 e. The molecule has 7 nitrogen and oxygen atoms in total. The Hall–Kier alpha value is -2.27. The number of morpholine rings is 1. The lowest BCUT2D eigenvalue weighted by Gasteiger charge is -2.28. The van der Waals surface area contributed by atoms with Crippen molar-refractivity contribution < 1.29 is 22.7 Å². The van der Waals surface area contributed by atoms with Gasteiger partial charge in [0.05, 0.1) is 24.0 Å².